The molecule has 1 aliphatic carbocycles. The normalized spacial score (nSPS) is 20.6. The van der Waals surface area contributed by atoms with Crippen LogP contribution in [0.1, 0.15) is 30.9 Å². The van der Waals surface area contributed by atoms with Crippen LogP contribution in [-0.2, 0) is 16.6 Å². The predicted molar refractivity (Wildman–Crippen MR) is 84.0 cm³/mol. The maximum Gasteiger partial charge on any atom is 0.234 e. The second kappa shape index (κ2) is 5.20. The van der Waals surface area contributed by atoms with Crippen LogP contribution in [0.3, 0.4) is 0 Å². The van der Waals surface area contributed by atoms with Crippen molar-refractivity contribution in [1.29, 1.82) is 0 Å². The zero-order valence-electron chi connectivity index (χ0n) is 12.1. The number of benzene rings is 1. The standard InChI is InChI=1S/C17H19N3O/c1-17(10-4-6-12-5-2-3-7-14(12)17)16(21)20-13-8-9-15(18)19-11-13/h2-3,5,7-9,11H,4,6,10H2,1H3,(H2,18,19)(H,20,21). The number of carbonyl (C=O) groups excluding carboxylic acids is 1. The van der Waals surface area contributed by atoms with E-state index < -0.39 is 5.41 Å². The summed E-state index contributed by atoms with van der Waals surface area (Å²) in [7, 11) is 0. The molecule has 1 unspecified atom stereocenters. The molecular weight excluding hydrogens is 262 g/mol. The third-order valence-electron chi connectivity index (χ3n) is 4.28. The lowest BCUT2D eigenvalue weighted by Gasteiger charge is -2.34. The number of hydrogen-bond acceptors (Lipinski definition) is 3. The van der Waals surface area contributed by atoms with Gasteiger partial charge in [0.25, 0.3) is 0 Å². The van der Waals surface area contributed by atoms with Crippen molar-refractivity contribution < 1.29 is 4.79 Å². The summed E-state index contributed by atoms with van der Waals surface area (Å²) in [6.07, 6.45) is 4.52. The number of anilines is 2. The van der Waals surface area contributed by atoms with E-state index in [1.54, 1.807) is 18.3 Å². The quantitative estimate of drug-likeness (QED) is 0.889. The van der Waals surface area contributed by atoms with Gasteiger partial charge in [0.2, 0.25) is 5.91 Å². The molecule has 0 saturated carbocycles. The van der Waals surface area contributed by atoms with E-state index in [2.05, 4.69) is 22.4 Å². The highest BCUT2D eigenvalue weighted by atomic mass is 16.2. The Hall–Kier alpha value is -2.36. The summed E-state index contributed by atoms with van der Waals surface area (Å²) in [5.74, 6) is 0.462. The lowest BCUT2D eigenvalue weighted by molar-refractivity contribution is -0.121. The third-order valence-corrected chi connectivity index (χ3v) is 4.28. The van der Waals surface area contributed by atoms with Gasteiger partial charge in [-0.1, -0.05) is 24.3 Å². The van der Waals surface area contributed by atoms with Crippen LogP contribution in [0.5, 0.6) is 0 Å². The minimum atomic E-state index is -0.490. The summed E-state index contributed by atoms with van der Waals surface area (Å²) in [6.45, 7) is 2.02. The highest BCUT2D eigenvalue weighted by molar-refractivity contribution is 5.99. The van der Waals surface area contributed by atoms with Crippen molar-refractivity contribution in [2.24, 2.45) is 0 Å². The Balaban J connectivity index is 1.89. The first kappa shape index (κ1) is 13.6. The molecule has 0 radical (unpaired) electrons. The number of hydrogen-bond donors (Lipinski definition) is 2. The van der Waals surface area contributed by atoms with E-state index in [-0.39, 0.29) is 5.91 Å². The molecule has 3 rings (SSSR count). The number of carbonyl (C=O) groups is 1. The molecule has 4 nitrogen and oxygen atoms in total. The summed E-state index contributed by atoms with van der Waals surface area (Å²) < 4.78 is 0. The van der Waals surface area contributed by atoms with Crippen molar-refractivity contribution in [1.82, 2.24) is 4.98 Å². The van der Waals surface area contributed by atoms with Gasteiger partial charge in [0.15, 0.2) is 0 Å². The molecule has 0 aliphatic heterocycles. The number of aromatic nitrogens is 1. The van der Waals surface area contributed by atoms with Gasteiger partial charge in [-0.2, -0.15) is 0 Å². The van der Waals surface area contributed by atoms with Crippen LogP contribution in [0.2, 0.25) is 0 Å². The van der Waals surface area contributed by atoms with Crippen molar-refractivity contribution in [2.75, 3.05) is 11.1 Å². The van der Waals surface area contributed by atoms with E-state index in [0.717, 1.165) is 24.8 Å². The van der Waals surface area contributed by atoms with Gasteiger partial charge in [-0.25, -0.2) is 4.98 Å². The van der Waals surface area contributed by atoms with E-state index in [4.69, 9.17) is 5.73 Å². The van der Waals surface area contributed by atoms with Crippen molar-refractivity contribution in [3.63, 3.8) is 0 Å². The molecule has 21 heavy (non-hydrogen) atoms. The van der Waals surface area contributed by atoms with Gasteiger partial charge in [0.05, 0.1) is 17.3 Å². The van der Waals surface area contributed by atoms with E-state index in [0.29, 0.717) is 11.5 Å². The largest absolute Gasteiger partial charge is 0.384 e. The van der Waals surface area contributed by atoms with Crippen LogP contribution >= 0.6 is 0 Å². The van der Waals surface area contributed by atoms with E-state index in [9.17, 15) is 4.79 Å². The summed E-state index contributed by atoms with van der Waals surface area (Å²) in [5.41, 5.74) is 8.17. The number of nitrogen functional groups attached to an aromatic ring is 1. The SMILES string of the molecule is CC1(C(=O)Nc2ccc(N)nc2)CCCc2ccccc21. The van der Waals surface area contributed by atoms with Gasteiger partial charge >= 0.3 is 0 Å². The van der Waals surface area contributed by atoms with Crippen molar-refractivity contribution in [3.05, 3.63) is 53.7 Å². The molecule has 0 saturated heterocycles. The number of rotatable bonds is 2. The number of pyridine rings is 1. The molecule has 4 heteroatoms. The lowest BCUT2D eigenvalue weighted by atomic mass is 9.70. The summed E-state index contributed by atoms with van der Waals surface area (Å²) in [4.78, 5) is 16.8. The van der Waals surface area contributed by atoms with Gasteiger partial charge in [0.1, 0.15) is 5.82 Å². The highest BCUT2D eigenvalue weighted by Gasteiger charge is 2.38. The Morgan fingerprint density at radius 2 is 2.10 bits per heavy atom. The van der Waals surface area contributed by atoms with Crippen molar-refractivity contribution in [2.45, 2.75) is 31.6 Å². The van der Waals surface area contributed by atoms with Crippen molar-refractivity contribution in [3.8, 4) is 0 Å². The molecule has 1 aromatic carbocycles. The molecular formula is C17H19N3O. The number of nitrogens with one attached hydrogen (secondary N) is 1. The summed E-state index contributed by atoms with van der Waals surface area (Å²) in [6, 6.07) is 11.7. The highest BCUT2D eigenvalue weighted by Crippen LogP contribution is 2.37. The smallest absolute Gasteiger partial charge is 0.234 e. The second-order valence-corrected chi connectivity index (χ2v) is 5.77. The molecule has 2 aromatic rings. The Morgan fingerprint density at radius 3 is 2.86 bits per heavy atom. The zero-order valence-corrected chi connectivity index (χ0v) is 12.1. The number of amides is 1. The number of nitrogens with two attached hydrogens (primary N) is 1. The maximum atomic E-state index is 12.8. The van der Waals surface area contributed by atoms with E-state index >= 15 is 0 Å². The molecule has 1 amide bonds. The molecule has 1 aromatic heterocycles. The molecule has 1 heterocycles. The van der Waals surface area contributed by atoms with Crippen LogP contribution in [0.15, 0.2) is 42.6 Å². The predicted octanol–water partition coefficient (Wildman–Crippen LogP) is 2.90. The average molecular weight is 281 g/mol. The van der Waals surface area contributed by atoms with Gasteiger partial charge in [0, 0.05) is 0 Å². The summed E-state index contributed by atoms with van der Waals surface area (Å²) in [5, 5.41) is 2.96. The zero-order chi connectivity index (χ0) is 14.9. The Kier molecular flexibility index (Phi) is 3.37. The Morgan fingerprint density at radius 1 is 1.29 bits per heavy atom. The van der Waals surface area contributed by atoms with Crippen LogP contribution in [0.4, 0.5) is 11.5 Å². The lowest BCUT2D eigenvalue weighted by Crippen LogP contribution is -2.40. The first-order valence-electron chi connectivity index (χ1n) is 7.21. The fraction of sp³-hybridized carbons (Fsp3) is 0.294. The molecule has 3 N–H and O–H groups in total. The van der Waals surface area contributed by atoms with Crippen LogP contribution < -0.4 is 11.1 Å². The Labute approximate surface area is 124 Å². The van der Waals surface area contributed by atoms with Gasteiger partial charge < -0.3 is 11.1 Å². The van der Waals surface area contributed by atoms with Gasteiger partial charge in [-0.3, -0.25) is 4.79 Å². The molecule has 0 fully saturated rings. The minimum Gasteiger partial charge on any atom is -0.384 e. The molecule has 0 bridgehead atoms. The number of aryl methyl sites for hydroxylation is 1. The average Bonchev–Trinajstić information content (AvgIpc) is 2.50. The van der Waals surface area contributed by atoms with Crippen LogP contribution in [0.25, 0.3) is 0 Å². The maximum absolute atomic E-state index is 12.8. The monoisotopic (exact) mass is 281 g/mol. The fourth-order valence-corrected chi connectivity index (χ4v) is 3.03. The Bertz CT molecular complexity index is 666. The molecule has 1 aliphatic rings. The van der Waals surface area contributed by atoms with Gasteiger partial charge in [-0.05, 0) is 49.4 Å². The first-order valence-corrected chi connectivity index (χ1v) is 7.21. The molecule has 1 atom stereocenters. The number of nitrogens with zero attached hydrogens (tertiary/aromatic N) is 1. The molecule has 0 spiro atoms. The number of fused-ring (bicyclic) bond motifs is 1. The second-order valence-electron chi connectivity index (χ2n) is 5.77. The third kappa shape index (κ3) is 2.49. The van der Waals surface area contributed by atoms with Crippen LogP contribution in [0, 0.1) is 0 Å². The first-order chi connectivity index (χ1) is 10.1. The molecule has 108 valence electrons. The summed E-state index contributed by atoms with van der Waals surface area (Å²) >= 11 is 0. The van der Waals surface area contributed by atoms with E-state index in [1.807, 2.05) is 19.1 Å². The van der Waals surface area contributed by atoms with Gasteiger partial charge in [-0.15, -0.1) is 0 Å². The minimum absolute atomic E-state index is 0.0150. The van der Waals surface area contributed by atoms with E-state index in [1.165, 1.54) is 5.56 Å². The van der Waals surface area contributed by atoms with Crippen LogP contribution in [-0.4, -0.2) is 10.9 Å². The fourth-order valence-electron chi connectivity index (χ4n) is 3.03. The van der Waals surface area contributed by atoms with Crippen molar-refractivity contribution >= 4 is 17.4 Å². The topological polar surface area (TPSA) is 68.0 Å².